The fourth-order valence-electron chi connectivity index (χ4n) is 3.48. The van der Waals surface area contributed by atoms with Crippen LogP contribution in [0.1, 0.15) is 30.4 Å². The molecule has 2 fully saturated rings. The van der Waals surface area contributed by atoms with Gasteiger partial charge in [0.05, 0.1) is 0 Å². The van der Waals surface area contributed by atoms with Gasteiger partial charge in [0.2, 0.25) is 0 Å². The molecule has 0 atom stereocenters. The van der Waals surface area contributed by atoms with Crippen LogP contribution in [0.4, 0.5) is 0 Å². The largest absolute Gasteiger partial charge is 0.317 e. The summed E-state index contributed by atoms with van der Waals surface area (Å²) in [5.41, 5.74) is 3.46. The highest BCUT2D eigenvalue weighted by Crippen LogP contribution is 2.38. The minimum Gasteiger partial charge on any atom is -0.317 e. The van der Waals surface area contributed by atoms with E-state index in [9.17, 15) is 0 Å². The van der Waals surface area contributed by atoms with Gasteiger partial charge in [0.15, 0.2) is 0 Å². The lowest BCUT2D eigenvalue weighted by Crippen LogP contribution is -2.38. The molecule has 2 nitrogen and oxygen atoms in total. The van der Waals surface area contributed by atoms with Crippen molar-refractivity contribution in [3.63, 3.8) is 0 Å². The highest BCUT2D eigenvalue weighted by Gasteiger charge is 2.38. The molecule has 1 aromatic rings. The normalized spacial score (nSPS) is 23.6. The third kappa shape index (κ3) is 2.60. The fraction of sp³-hybridized carbons (Fsp3) is 0.625. The predicted molar refractivity (Wildman–Crippen MR) is 75.6 cm³/mol. The zero-order valence-electron chi connectivity index (χ0n) is 11.4. The molecule has 2 heteroatoms. The van der Waals surface area contributed by atoms with Gasteiger partial charge in [-0.25, -0.2) is 0 Å². The first kappa shape index (κ1) is 12.2. The van der Waals surface area contributed by atoms with Gasteiger partial charge in [-0.2, -0.15) is 0 Å². The van der Waals surface area contributed by atoms with E-state index in [0.717, 1.165) is 6.54 Å². The Bertz CT molecular complexity index is 390. The van der Waals surface area contributed by atoms with Crippen molar-refractivity contribution in [3.05, 3.63) is 35.4 Å². The summed E-state index contributed by atoms with van der Waals surface area (Å²) in [6.45, 7) is 8.33. The van der Waals surface area contributed by atoms with Crippen molar-refractivity contribution >= 4 is 0 Å². The number of hydrogen-bond acceptors (Lipinski definition) is 2. The van der Waals surface area contributed by atoms with Crippen LogP contribution in [0.3, 0.4) is 0 Å². The average Bonchev–Trinajstić information content (AvgIpc) is 2.76. The maximum absolute atomic E-state index is 3.49. The van der Waals surface area contributed by atoms with E-state index in [1.54, 1.807) is 0 Å². The maximum atomic E-state index is 3.49. The van der Waals surface area contributed by atoms with E-state index >= 15 is 0 Å². The molecule has 0 aromatic heterocycles. The Balaban J connectivity index is 1.60. The SMILES string of the molecule is Cc1ccc(CN2CCC3(CCNCC3)C2)cc1. The van der Waals surface area contributed by atoms with Crippen LogP contribution in [0.2, 0.25) is 0 Å². The summed E-state index contributed by atoms with van der Waals surface area (Å²) in [7, 11) is 0. The van der Waals surface area contributed by atoms with Crippen LogP contribution in [-0.2, 0) is 6.54 Å². The number of rotatable bonds is 2. The lowest BCUT2D eigenvalue weighted by atomic mass is 9.78. The van der Waals surface area contributed by atoms with Crippen molar-refractivity contribution in [1.82, 2.24) is 10.2 Å². The average molecular weight is 244 g/mol. The second-order valence-electron chi connectivity index (χ2n) is 6.20. The molecule has 2 aliphatic rings. The van der Waals surface area contributed by atoms with E-state index in [-0.39, 0.29) is 0 Å². The van der Waals surface area contributed by atoms with E-state index in [1.165, 1.54) is 56.6 Å². The van der Waals surface area contributed by atoms with Crippen LogP contribution >= 0.6 is 0 Å². The van der Waals surface area contributed by atoms with Gasteiger partial charge in [0.25, 0.3) is 0 Å². The summed E-state index contributed by atoms with van der Waals surface area (Å²) in [5.74, 6) is 0. The molecule has 1 N–H and O–H groups in total. The molecule has 2 heterocycles. The summed E-state index contributed by atoms with van der Waals surface area (Å²) >= 11 is 0. The molecule has 98 valence electrons. The molecule has 3 rings (SSSR count). The second kappa shape index (κ2) is 5.02. The third-order valence-electron chi connectivity index (χ3n) is 4.71. The van der Waals surface area contributed by atoms with Crippen LogP contribution < -0.4 is 5.32 Å². The van der Waals surface area contributed by atoms with Crippen molar-refractivity contribution in [1.29, 1.82) is 0 Å². The number of aryl methyl sites for hydroxylation is 1. The molecule has 18 heavy (non-hydrogen) atoms. The zero-order valence-corrected chi connectivity index (χ0v) is 11.4. The summed E-state index contributed by atoms with van der Waals surface area (Å²) in [5, 5.41) is 3.49. The van der Waals surface area contributed by atoms with E-state index in [4.69, 9.17) is 0 Å². The van der Waals surface area contributed by atoms with Gasteiger partial charge >= 0.3 is 0 Å². The maximum Gasteiger partial charge on any atom is 0.0233 e. The van der Waals surface area contributed by atoms with Crippen molar-refractivity contribution in [2.45, 2.75) is 32.7 Å². The van der Waals surface area contributed by atoms with E-state index in [0.29, 0.717) is 5.41 Å². The lowest BCUT2D eigenvalue weighted by molar-refractivity contribution is 0.194. The number of likely N-dealkylation sites (tertiary alicyclic amines) is 1. The Kier molecular flexibility index (Phi) is 3.40. The van der Waals surface area contributed by atoms with Gasteiger partial charge in [0.1, 0.15) is 0 Å². The Morgan fingerprint density at radius 1 is 1.11 bits per heavy atom. The summed E-state index contributed by atoms with van der Waals surface area (Å²) < 4.78 is 0. The van der Waals surface area contributed by atoms with Gasteiger partial charge in [-0.3, -0.25) is 4.90 Å². The highest BCUT2D eigenvalue weighted by atomic mass is 15.2. The third-order valence-corrected chi connectivity index (χ3v) is 4.71. The number of nitrogens with zero attached hydrogens (tertiary/aromatic N) is 1. The molecule has 0 aliphatic carbocycles. The highest BCUT2D eigenvalue weighted by molar-refractivity contribution is 5.21. The summed E-state index contributed by atoms with van der Waals surface area (Å²) in [4.78, 5) is 2.65. The van der Waals surface area contributed by atoms with E-state index in [1.807, 2.05) is 0 Å². The van der Waals surface area contributed by atoms with Crippen molar-refractivity contribution in [2.75, 3.05) is 26.2 Å². The smallest absolute Gasteiger partial charge is 0.0233 e. The Morgan fingerprint density at radius 3 is 2.56 bits per heavy atom. The van der Waals surface area contributed by atoms with Crippen molar-refractivity contribution < 1.29 is 0 Å². The molecule has 0 unspecified atom stereocenters. The van der Waals surface area contributed by atoms with Crippen molar-refractivity contribution in [3.8, 4) is 0 Å². The van der Waals surface area contributed by atoms with Gasteiger partial charge in [-0.15, -0.1) is 0 Å². The number of nitrogens with one attached hydrogen (secondary N) is 1. The Hall–Kier alpha value is -0.860. The Labute approximate surface area is 110 Å². The summed E-state index contributed by atoms with van der Waals surface area (Å²) in [6.07, 6.45) is 4.15. The predicted octanol–water partition coefficient (Wildman–Crippen LogP) is 2.57. The monoisotopic (exact) mass is 244 g/mol. The molecule has 0 amide bonds. The number of benzene rings is 1. The first-order chi connectivity index (χ1) is 8.76. The quantitative estimate of drug-likeness (QED) is 0.860. The van der Waals surface area contributed by atoms with Gasteiger partial charge < -0.3 is 5.32 Å². The van der Waals surface area contributed by atoms with E-state index in [2.05, 4.69) is 41.4 Å². The van der Waals surface area contributed by atoms with Gasteiger partial charge in [0, 0.05) is 13.1 Å². The minimum absolute atomic E-state index is 0.635. The lowest BCUT2D eigenvalue weighted by Gasteiger charge is -2.33. The van der Waals surface area contributed by atoms with E-state index < -0.39 is 0 Å². The van der Waals surface area contributed by atoms with Crippen LogP contribution in [0.15, 0.2) is 24.3 Å². The molecule has 2 saturated heterocycles. The molecule has 2 aliphatic heterocycles. The first-order valence-electron chi connectivity index (χ1n) is 7.24. The molecular formula is C16H24N2. The molecule has 0 radical (unpaired) electrons. The number of piperidine rings is 1. The van der Waals surface area contributed by atoms with Crippen molar-refractivity contribution in [2.24, 2.45) is 5.41 Å². The van der Waals surface area contributed by atoms with Gasteiger partial charge in [-0.05, 0) is 56.8 Å². The fourth-order valence-corrected chi connectivity index (χ4v) is 3.48. The number of hydrogen-bond donors (Lipinski definition) is 1. The van der Waals surface area contributed by atoms with Crippen LogP contribution in [-0.4, -0.2) is 31.1 Å². The summed E-state index contributed by atoms with van der Waals surface area (Å²) in [6, 6.07) is 9.02. The minimum atomic E-state index is 0.635. The van der Waals surface area contributed by atoms with Crippen LogP contribution in [0, 0.1) is 12.3 Å². The molecule has 1 spiro atoms. The molecule has 0 bridgehead atoms. The zero-order chi connectivity index (χ0) is 12.4. The van der Waals surface area contributed by atoms with Gasteiger partial charge in [-0.1, -0.05) is 29.8 Å². The Morgan fingerprint density at radius 2 is 1.83 bits per heavy atom. The topological polar surface area (TPSA) is 15.3 Å². The molecule has 1 aromatic carbocycles. The van der Waals surface area contributed by atoms with Crippen LogP contribution in [0.5, 0.6) is 0 Å². The first-order valence-corrected chi connectivity index (χ1v) is 7.24. The molecule has 0 saturated carbocycles. The second-order valence-corrected chi connectivity index (χ2v) is 6.20. The molecular weight excluding hydrogens is 220 g/mol. The van der Waals surface area contributed by atoms with Crippen LogP contribution in [0.25, 0.3) is 0 Å². The standard InChI is InChI=1S/C16H24N2/c1-14-2-4-15(5-3-14)12-18-11-8-16(13-18)6-9-17-10-7-16/h2-5,17H,6-13H2,1H3.